The van der Waals surface area contributed by atoms with Crippen LogP contribution in [0.1, 0.15) is 225 Å². The van der Waals surface area contributed by atoms with Gasteiger partial charge in [-0.15, -0.1) is 116 Å². The van der Waals surface area contributed by atoms with Crippen LogP contribution < -0.4 is 21.3 Å². The molecule has 0 bridgehead atoms. The maximum absolute atomic E-state index is 13.5. The van der Waals surface area contributed by atoms with E-state index in [1.54, 1.807) is 77.8 Å². The van der Waals surface area contributed by atoms with E-state index in [1.165, 1.54) is 85.4 Å². The lowest BCUT2D eigenvalue weighted by Crippen LogP contribution is -2.51. The lowest BCUT2D eigenvalue weighted by Gasteiger charge is -2.30. The molecule has 6 fully saturated rings. The van der Waals surface area contributed by atoms with Gasteiger partial charge in [-0.25, -0.2) is 49.1 Å². The third kappa shape index (κ3) is 25.1. The number of carbonyl (C=O) groups is 6. The number of rotatable bonds is 19. The Labute approximate surface area is 864 Å². The van der Waals surface area contributed by atoms with Gasteiger partial charge in [-0.1, -0.05) is 39.8 Å². The van der Waals surface area contributed by atoms with Crippen molar-refractivity contribution in [3.05, 3.63) is 128 Å². The summed E-state index contributed by atoms with van der Waals surface area (Å²) in [6.07, 6.45) is 21.1. The van der Waals surface area contributed by atoms with E-state index in [0.29, 0.717) is 38.3 Å². The third-order valence-electron chi connectivity index (χ3n) is 23.7. The lowest BCUT2D eigenvalue weighted by atomic mass is 10.0. The van der Waals surface area contributed by atoms with Crippen molar-refractivity contribution in [2.75, 3.05) is 53.5 Å². The van der Waals surface area contributed by atoms with Gasteiger partial charge in [0.05, 0.1) is 170 Å². The molecule has 0 aliphatic carbocycles. The Kier molecular flexibility index (Phi) is 36.0. The summed E-state index contributed by atoms with van der Waals surface area (Å²) in [6, 6.07) is 16.3. The van der Waals surface area contributed by atoms with Gasteiger partial charge in [-0.05, 0) is 234 Å². The van der Waals surface area contributed by atoms with Gasteiger partial charge in [0.15, 0.2) is 0 Å². The molecule has 8 atom stereocenters. The highest BCUT2D eigenvalue weighted by atomic mass is 79.9. The minimum Gasteiger partial charge on any atom is -0.453 e. The van der Waals surface area contributed by atoms with Crippen LogP contribution in [0.25, 0.3) is 101 Å². The van der Waals surface area contributed by atoms with Crippen molar-refractivity contribution in [3.8, 4) is 63.4 Å². The number of alkyl carbamates (subject to hydrolysis) is 2. The lowest BCUT2D eigenvalue weighted by molar-refractivity contribution is -0.136. The number of thiophene rings is 8. The van der Waals surface area contributed by atoms with E-state index in [2.05, 4.69) is 188 Å². The van der Waals surface area contributed by atoms with E-state index in [1.807, 2.05) is 139 Å². The summed E-state index contributed by atoms with van der Waals surface area (Å²) in [4.78, 5) is 139. The predicted octanol–water partition coefficient (Wildman–Crippen LogP) is 25.8. The number of fused-ring (bicyclic) bond motifs is 4. The number of methoxy groups -OCH3 is 2. The predicted molar refractivity (Wildman–Crippen MR) is 562 cm³/mol. The number of ether oxygens (including phenoxy) is 4. The summed E-state index contributed by atoms with van der Waals surface area (Å²) in [5, 5.41) is 17.5. The molecule has 138 heavy (non-hydrogen) atoms. The summed E-state index contributed by atoms with van der Waals surface area (Å²) in [6.45, 7) is 23.6. The summed E-state index contributed by atoms with van der Waals surface area (Å²) in [5.74, 6) is 4.70. The second kappa shape index (κ2) is 46.7. The van der Waals surface area contributed by atoms with Crippen LogP contribution in [0, 0.1) is 17.4 Å². The van der Waals surface area contributed by atoms with Crippen LogP contribution in [0.2, 0.25) is 0 Å². The number of likely N-dealkylation sites (tertiary alicyclic amines) is 4. The van der Waals surface area contributed by atoms with Gasteiger partial charge >= 0.3 is 24.4 Å². The number of halogens is 5. The Balaban J connectivity index is 0.000000164. The minimum atomic E-state index is -0.686. The van der Waals surface area contributed by atoms with E-state index in [-0.39, 0.29) is 92.2 Å². The van der Waals surface area contributed by atoms with E-state index in [0.717, 1.165) is 162 Å². The number of aromatic nitrogens is 12. The Morgan fingerprint density at radius 3 is 0.920 bits per heavy atom. The highest BCUT2D eigenvalue weighted by molar-refractivity contribution is 9.11. The fourth-order valence-electron chi connectivity index (χ4n) is 17.3. The molecule has 740 valence electrons. The van der Waals surface area contributed by atoms with Crippen LogP contribution in [0.3, 0.4) is 0 Å². The highest BCUT2D eigenvalue weighted by Gasteiger charge is 2.42. The molecule has 6 aliphatic heterocycles. The number of imidazole rings is 6. The van der Waals surface area contributed by atoms with E-state index < -0.39 is 35.5 Å². The summed E-state index contributed by atoms with van der Waals surface area (Å²) in [7, 11) is 2.58. The molecule has 14 aromatic rings. The molecule has 14 aromatic heterocycles. The van der Waals surface area contributed by atoms with Crippen molar-refractivity contribution in [3.63, 3.8) is 0 Å². The molecule has 6 aliphatic rings. The zero-order chi connectivity index (χ0) is 95.3. The number of nitrogens with one attached hydrogen (secondary N) is 11. The van der Waals surface area contributed by atoms with Gasteiger partial charge in [-0.2, -0.15) is 5.53 Å². The fourth-order valence-corrected chi connectivity index (χ4v) is 28.0. The molecule has 11 N–H and O–H groups in total. The smallest absolute Gasteiger partial charge is 0.410 e. The molecule has 0 spiro atoms. The summed E-state index contributed by atoms with van der Waals surface area (Å²) >= 11 is 25.4. The Hall–Kier alpha value is -9.13. The summed E-state index contributed by atoms with van der Waals surface area (Å²) in [5.41, 5.74) is 10.7. The maximum atomic E-state index is 13.5. The molecule has 0 radical (unpaired) electrons. The number of hydrogen-bond donors (Lipinski definition) is 11. The number of nitrogens with zero attached hydrogens (tertiary/aromatic N) is 13. The molecule has 6 amide bonds. The largest absolute Gasteiger partial charge is 0.453 e. The number of aromatic amines is 6. The third-order valence-corrected chi connectivity index (χ3v) is 34.1. The van der Waals surface area contributed by atoms with Crippen molar-refractivity contribution >= 4 is 233 Å². The van der Waals surface area contributed by atoms with Crippen LogP contribution in [-0.4, -0.2) is 192 Å². The quantitative estimate of drug-likeness (QED) is 0.0203. The number of hydrogen-bond acceptors (Lipinski definition) is 28. The maximum Gasteiger partial charge on any atom is 0.410 e. The van der Waals surface area contributed by atoms with Crippen molar-refractivity contribution in [1.29, 1.82) is 5.53 Å². The van der Waals surface area contributed by atoms with Gasteiger partial charge in [0.1, 0.15) is 58.2 Å². The zero-order valence-electron chi connectivity index (χ0n) is 77.2. The van der Waals surface area contributed by atoms with Crippen LogP contribution >= 0.6 is 159 Å². The average Bonchev–Trinajstić information content (AvgIpc) is 1.75. The molecule has 20 rings (SSSR count). The van der Waals surface area contributed by atoms with Gasteiger partial charge < -0.3 is 79.9 Å². The van der Waals surface area contributed by atoms with Crippen LogP contribution in [-0.2, 0) is 28.5 Å². The molecule has 0 saturated carbocycles. The fraction of sp³-hybridized carbons (Fsp3) is 0.473. The average molecular weight is 2230 g/mol. The Morgan fingerprint density at radius 2 is 0.681 bits per heavy atom. The minimum absolute atomic E-state index is 0. The zero-order valence-corrected chi connectivity index (χ0v) is 89.3. The molecule has 20 heterocycles. The normalized spacial score (nSPS) is 18.6. The first-order valence-corrected chi connectivity index (χ1v) is 53.2. The molecular formula is C91H113Br2Cl3N24O10S8. The Morgan fingerprint density at radius 1 is 0.420 bits per heavy atom. The first-order chi connectivity index (χ1) is 64.8. The van der Waals surface area contributed by atoms with E-state index in [4.69, 9.17) is 24.5 Å². The first kappa shape index (κ1) is 106. The van der Waals surface area contributed by atoms with Crippen molar-refractivity contribution in [2.24, 2.45) is 26.9 Å². The monoisotopic (exact) mass is 2220 g/mol. The SMILES string of the molecule is Brc1cc2sc(Br)cc2s1.C.CC(C)(C)OC(=O)N1CCC[C@H]1c1ncc(-c2cc3sc(-c4cnc([C@@H]5CCCN5C(=O)OC(C)(C)C)[nH]4)cc3s2)[nH]1.COC(=O)N[C@H](C(=O)N1CCC[C@H]1c1ncc(-c2cc3sc(-c4cnc([C@@H]5CCCN5C(=O)[C@@H](NC(=O)OC)C(C)C)[nH]4)cc3s2)[nH]1)C(C)C.Cl.Cl.N=NN=NCl.c1nc([C@@H]2CCCN2)[nH]c1-c1cc2sc(-c3cnc([C@@H]4CCCN4)[nH]3)cc2s1. The van der Waals surface area contributed by atoms with E-state index >= 15 is 0 Å². The van der Waals surface area contributed by atoms with Crippen LogP contribution in [0.4, 0.5) is 19.2 Å². The molecule has 0 unspecified atom stereocenters. The van der Waals surface area contributed by atoms with Crippen LogP contribution in [0.15, 0.2) is 108 Å². The number of amides is 6. The van der Waals surface area contributed by atoms with Crippen molar-refractivity contribution in [1.82, 2.24) is 101 Å². The van der Waals surface area contributed by atoms with Gasteiger partial charge in [0.2, 0.25) is 11.8 Å². The molecular weight excluding hydrogens is 2110 g/mol. The standard InChI is InChI=1S/C34H44N8O6S2.C30H38N6O4S2.C20H22N6S2.C6H2Br2S2.CH4.ClHN4.2ClH/c1-17(2)27(39-33(45)47-5)31(43)41-11-7-9-21(41)29-35-15-19(37-29)23-13-25-26(49-23)14-24(50-25)20-16-36-30(38-20)22-10-8-12-42(22)32(44)28(18(3)4)40-34(46)48-6;1-29(2,3)39-27(37)35-11-7-9-19(35)25-31-15-17(33-25)21-13-23-24(41-21)14-22(42-23)18-16-32-26(34-18)20-10-8-12-36(20)28(38)40-30(4,5)6;1-3-11(21-5-1)19-23-9-13(25-19)15-7-17-18(27-15)8-16(28-17)14-10-24-20(26-14)12-4-2-6-22-12;7-5-1-3-4(10-5)2-6(8)9-3;;1-3-5-4-2;;/h13-18,21-22,27-28H,7-12H2,1-6H3,(H,35,37)(H,36,38)(H,39,45)(H,40,46);13-16,19-20H,7-12H2,1-6H3,(H,31,33)(H,32,34);7-12,21-22H,1-6H2,(H,23,25)(H,24,26);1-2H;1H4;2H;2*1H/t21-,22-,27-,28-;19-,20-;11-,12-;;;;;/m000...../s1. The van der Waals surface area contributed by atoms with Gasteiger partial charge in [0, 0.05) is 63.8 Å². The van der Waals surface area contributed by atoms with Gasteiger partial charge in [-0.3, -0.25) is 19.4 Å². The van der Waals surface area contributed by atoms with E-state index in [9.17, 15) is 28.8 Å². The molecule has 0 aromatic carbocycles. The van der Waals surface area contributed by atoms with Crippen molar-refractivity contribution in [2.45, 2.75) is 213 Å². The van der Waals surface area contributed by atoms with Crippen molar-refractivity contribution < 1.29 is 47.7 Å². The second-order valence-electron chi connectivity index (χ2n) is 36.1. The number of carbonyl (C=O) groups excluding carboxylic acids is 6. The first-order valence-electron chi connectivity index (χ1n) is 44.7. The Bertz CT molecular complexity index is 6060. The highest BCUT2D eigenvalue weighted by Crippen LogP contribution is 2.48. The topological polar surface area (TPSA) is 433 Å². The molecule has 34 nitrogen and oxygen atoms in total. The molecule has 47 heteroatoms. The summed E-state index contributed by atoms with van der Waals surface area (Å²) < 4.78 is 35.7. The van der Waals surface area contributed by atoms with Crippen LogP contribution in [0.5, 0.6) is 0 Å². The number of H-pyrrole nitrogens is 6. The van der Waals surface area contributed by atoms with Gasteiger partial charge in [0.25, 0.3) is 0 Å². The molecule has 6 saturated heterocycles. The second-order valence-corrected chi connectivity index (χ2v) is 47.7.